The first-order valence-electron chi connectivity index (χ1n) is 4.11. The fourth-order valence-corrected chi connectivity index (χ4v) is 1.33. The third-order valence-corrected chi connectivity index (χ3v) is 2.04. The van der Waals surface area contributed by atoms with Gasteiger partial charge in [0.25, 0.3) is 0 Å². The molecule has 0 aromatic carbocycles. The van der Waals surface area contributed by atoms with Crippen LogP contribution in [-0.2, 0) is 0 Å². The lowest BCUT2D eigenvalue weighted by Gasteiger charge is -1.88. The van der Waals surface area contributed by atoms with Crippen LogP contribution in [0.2, 0.25) is 0 Å². The number of aromatic carboxylic acids is 1. The van der Waals surface area contributed by atoms with Crippen LogP contribution < -0.4 is 0 Å². The van der Waals surface area contributed by atoms with Crippen molar-refractivity contribution in [1.82, 2.24) is 15.2 Å². The van der Waals surface area contributed by atoms with Gasteiger partial charge in [-0.05, 0) is 19.1 Å². The molecule has 0 bridgehead atoms. The van der Waals surface area contributed by atoms with Gasteiger partial charge in [0.2, 0.25) is 0 Å². The molecule has 0 spiro atoms. The maximum atomic E-state index is 10.8. The minimum absolute atomic E-state index is 0.287. The zero-order chi connectivity index (χ0) is 10.1. The van der Waals surface area contributed by atoms with Crippen LogP contribution in [0.4, 0.5) is 0 Å². The van der Waals surface area contributed by atoms with E-state index >= 15 is 0 Å². The molecular formula is C9H9N3O2. The fourth-order valence-electron chi connectivity index (χ4n) is 1.33. The Bertz CT molecular complexity index is 456. The zero-order valence-electron chi connectivity index (χ0n) is 7.53. The van der Waals surface area contributed by atoms with Crippen molar-refractivity contribution in [2.24, 2.45) is 0 Å². The van der Waals surface area contributed by atoms with Gasteiger partial charge in [0.1, 0.15) is 0 Å². The molecule has 0 radical (unpaired) electrons. The van der Waals surface area contributed by atoms with E-state index in [1.165, 1.54) is 0 Å². The molecule has 0 saturated heterocycles. The number of aromatic nitrogens is 3. The third kappa shape index (κ3) is 1.28. The highest BCUT2D eigenvalue weighted by molar-refractivity contribution is 5.90. The summed E-state index contributed by atoms with van der Waals surface area (Å²) in [6, 6.07) is 3.36. The standard InChI is InChI=1S/C9H9N3O2/c1-5-6(9(13)14)4-8(11-5)7-2-3-10-12-7/h2-4,11H,1H3,(H,10,12)(H,13,14). The molecule has 0 aliphatic rings. The predicted octanol–water partition coefficient (Wildman–Crippen LogP) is 1.41. The molecule has 0 atom stereocenters. The molecule has 0 aliphatic heterocycles. The van der Waals surface area contributed by atoms with Gasteiger partial charge in [0.05, 0.1) is 17.0 Å². The van der Waals surface area contributed by atoms with Crippen LogP contribution in [0.25, 0.3) is 11.4 Å². The van der Waals surface area contributed by atoms with E-state index in [1.54, 1.807) is 25.3 Å². The Balaban J connectivity index is 2.48. The van der Waals surface area contributed by atoms with Crippen molar-refractivity contribution in [3.8, 4) is 11.4 Å². The van der Waals surface area contributed by atoms with Crippen molar-refractivity contribution < 1.29 is 9.90 Å². The van der Waals surface area contributed by atoms with Crippen LogP contribution in [-0.4, -0.2) is 26.3 Å². The first-order valence-corrected chi connectivity index (χ1v) is 4.11. The molecule has 0 aliphatic carbocycles. The average molecular weight is 191 g/mol. The number of hydrogen-bond donors (Lipinski definition) is 3. The van der Waals surface area contributed by atoms with Crippen molar-refractivity contribution in [1.29, 1.82) is 0 Å². The number of carboxylic acid groups (broad SMARTS) is 1. The quantitative estimate of drug-likeness (QED) is 0.671. The normalized spacial score (nSPS) is 10.4. The number of H-pyrrole nitrogens is 2. The molecule has 72 valence electrons. The van der Waals surface area contributed by atoms with E-state index in [0.717, 1.165) is 11.4 Å². The number of aromatic amines is 2. The van der Waals surface area contributed by atoms with Gasteiger partial charge in [-0.3, -0.25) is 5.10 Å². The van der Waals surface area contributed by atoms with Crippen LogP contribution in [0.5, 0.6) is 0 Å². The Morgan fingerprint density at radius 2 is 2.29 bits per heavy atom. The van der Waals surface area contributed by atoms with Crippen molar-refractivity contribution >= 4 is 5.97 Å². The molecule has 3 N–H and O–H groups in total. The van der Waals surface area contributed by atoms with Gasteiger partial charge in [-0.1, -0.05) is 0 Å². The number of carboxylic acids is 1. The molecule has 0 saturated carbocycles. The van der Waals surface area contributed by atoms with E-state index in [2.05, 4.69) is 15.2 Å². The van der Waals surface area contributed by atoms with Crippen LogP contribution in [0.1, 0.15) is 16.1 Å². The topological polar surface area (TPSA) is 81.8 Å². The summed E-state index contributed by atoms with van der Waals surface area (Å²) in [6.07, 6.45) is 1.62. The Hall–Kier alpha value is -2.04. The highest BCUT2D eigenvalue weighted by Gasteiger charge is 2.12. The summed E-state index contributed by atoms with van der Waals surface area (Å²) in [5.41, 5.74) is 2.44. The fraction of sp³-hybridized carbons (Fsp3) is 0.111. The van der Waals surface area contributed by atoms with Gasteiger partial charge in [0.15, 0.2) is 0 Å². The summed E-state index contributed by atoms with van der Waals surface area (Å²) in [6.45, 7) is 1.73. The number of nitrogens with zero attached hydrogens (tertiary/aromatic N) is 1. The second-order valence-electron chi connectivity index (χ2n) is 3.00. The minimum atomic E-state index is -0.926. The lowest BCUT2D eigenvalue weighted by molar-refractivity contribution is 0.0696. The van der Waals surface area contributed by atoms with Gasteiger partial charge in [-0.2, -0.15) is 5.10 Å². The Morgan fingerprint density at radius 1 is 1.50 bits per heavy atom. The van der Waals surface area contributed by atoms with Crippen molar-refractivity contribution in [3.05, 3.63) is 29.6 Å². The Morgan fingerprint density at radius 3 is 2.79 bits per heavy atom. The van der Waals surface area contributed by atoms with Gasteiger partial charge >= 0.3 is 5.97 Å². The van der Waals surface area contributed by atoms with Gasteiger partial charge in [-0.25, -0.2) is 4.79 Å². The van der Waals surface area contributed by atoms with E-state index < -0.39 is 5.97 Å². The summed E-state index contributed by atoms with van der Waals surface area (Å²) < 4.78 is 0. The smallest absolute Gasteiger partial charge is 0.337 e. The predicted molar refractivity (Wildman–Crippen MR) is 50.1 cm³/mol. The third-order valence-electron chi connectivity index (χ3n) is 2.04. The van der Waals surface area contributed by atoms with Crippen molar-refractivity contribution in [2.75, 3.05) is 0 Å². The lowest BCUT2D eigenvalue weighted by atomic mass is 10.2. The molecule has 2 aromatic heterocycles. The van der Waals surface area contributed by atoms with Gasteiger partial charge < -0.3 is 10.1 Å². The van der Waals surface area contributed by atoms with E-state index in [9.17, 15) is 4.79 Å². The summed E-state index contributed by atoms with van der Waals surface area (Å²) in [5.74, 6) is -0.926. The number of hydrogen-bond acceptors (Lipinski definition) is 2. The highest BCUT2D eigenvalue weighted by Crippen LogP contribution is 2.19. The van der Waals surface area contributed by atoms with Crippen molar-refractivity contribution in [2.45, 2.75) is 6.92 Å². The van der Waals surface area contributed by atoms with Crippen LogP contribution in [0.15, 0.2) is 18.3 Å². The van der Waals surface area contributed by atoms with Crippen molar-refractivity contribution in [3.63, 3.8) is 0 Å². The molecule has 0 fully saturated rings. The summed E-state index contributed by atoms with van der Waals surface area (Å²) in [5, 5.41) is 15.4. The van der Waals surface area contributed by atoms with E-state index in [0.29, 0.717) is 5.69 Å². The average Bonchev–Trinajstić information content (AvgIpc) is 2.70. The van der Waals surface area contributed by atoms with Crippen LogP contribution >= 0.6 is 0 Å². The monoisotopic (exact) mass is 191 g/mol. The molecule has 5 heteroatoms. The summed E-state index contributed by atoms with van der Waals surface area (Å²) in [4.78, 5) is 13.7. The zero-order valence-corrected chi connectivity index (χ0v) is 7.53. The SMILES string of the molecule is Cc1[nH]c(-c2ccn[nH]2)cc1C(=O)O. The van der Waals surface area contributed by atoms with Crippen LogP contribution in [0.3, 0.4) is 0 Å². The Kier molecular flexibility index (Phi) is 1.85. The second kappa shape index (κ2) is 3.02. The molecule has 2 heterocycles. The Labute approximate surface area is 79.8 Å². The molecule has 5 nitrogen and oxygen atoms in total. The van der Waals surface area contributed by atoms with E-state index in [-0.39, 0.29) is 5.56 Å². The molecule has 0 amide bonds. The minimum Gasteiger partial charge on any atom is -0.478 e. The molecule has 2 aromatic rings. The largest absolute Gasteiger partial charge is 0.478 e. The molecule has 0 unspecified atom stereocenters. The number of nitrogens with one attached hydrogen (secondary N) is 2. The lowest BCUT2D eigenvalue weighted by Crippen LogP contribution is -1.95. The molecular weight excluding hydrogens is 182 g/mol. The molecule has 2 rings (SSSR count). The van der Waals surface area contributed by atoms with Gasteiger partial charge in [0, 0.05) is 11.9 Å². The first kappa shape index (κ1) is 8.55. The molecule has 14 heavy (non-hydrogen) atoms. The van der Waals surface area contributed by atoms with E-state index in [1.807, 2.05) is 0 Å². The first-order chi connectivity index (χ1) is 6.68. The van der Waals surface area contributed by atoms with Crippen LogP contribution in [0, 0.1) is 6.92 Å². The highest BCUT2D eigenvalue weighted by atomic mass is 16.4. The summed E-state index contributed by atoms with van der Waals surface area (Å²) in [7, 11) is 0. The summed E-state index contributed by atoms with van der Waals surface area (Å²) >= 11 is 0. The second-order valence-corrected chi connectivity index (χ2v) is 3.00. The maximum absolute atomic E-state index is 10.8. The number of rotatable bonds is 2. The number of carbonyl (C=O) groups is 1. The van der Waals surface area contributed by atoms with Gasteiger partial charge in [-0.15, -0.1) is 0 Å². The maximum Gasteiger partial charge on any atom is 0.337 e. The van der Waals surface area contributed by atoms with E-state index in [4.69, 9.17) is 5.11 Å². The number of aryl methyl sites for hydroxylation is 1.